The van der Waals surface area contributed by atoms with Crippen molar-refractivity contribution in [1.82, 2.24) is 20.3 Å². The Morgan fingerprint density at radius 2 is 2.40 bits per heavy atom. The predicted molar refractivity (Wildman–Crippen MR) is 45.9 cm³/mol. The van der Waals surface area contributed by atoms with E-state index < -0.39 is 12.4 Å². The SMILES string of the molecule is O=C(O)c1cn(CCNCC(F)F)nn1. The van der Waals surface area contributed by atoms with Gasteiger partial charge in [-0.05, 0) is 0 Å². The topological polar surface area (TPSA) is 80.0 Å². The maximum atomic E-state index is 11.7. The van der Waals surface area contributed by atoms with Crippen molar-refractivity contribution in [3.05, 3.63) is 11.9 Å². The lowest BCUT2D eigenvalue weighted by Crippen LogP contribution is -2.25. The Bertz CT molecular complexity index is 329. The van der Waals surface area contributed by atoms with Crippen LogP contribution in [0.5, 0.6) is 0 Å². The van der Waals surface area contributed by atoms with Crippen molar-refractivity contribution in [3.8, 4) is 0 Å². The standard InChI is InChI=1S/C7H10F2N4O2/c8-6(9)3-10-1-2-13-4-5(7(14)15)11-12-13/h4,6,10H,1-3H2,(H,14,15). The molecular weight excluding hydrogens is 210 g/mol. The maximum absolute atomic E-state index is 11.7. The zero-order valence-electron chi connectivity index (χ0n) is 7.73. The number of hydrogen-bond acceptors (Lipinski definition) is 4. The summed E-state index contributed by atoms with van der Waals surface area (Å²) < 4.78 is 24.7. The zero-order chi connectivity index (χ0) is 11.3. The van der Waals surface area contributed by atoms with Gasteiger partial charge in [-0.15, -0.1) is 5.10 Å². The Kier molecular flexibility index (Phi) is 4.10. The second kappa shape index (κ2) is 5.35. The molecule has 0 amide bonds. The van der Waals surface area contributed by atoms with Gasteiger partial charge in [0, 0.05) is 6.54 Å². The van der Waals surface area contributed by atoms with Crippen molar-refractivity contribution in [2.75, 3.05) is 13.1 Å². The molecule has 6 nitrogen and oxygen atoms in total. The minimum absolute atomic E-state index is 0.163. The first-order valence-electron chi connectivity index (χ1n) is 4.22. The van der Waals surface area contributed by atoms with E-state index in [0.29, 0.717) is 6.54 Å². The lowest BCUT2D eigenvalue weighted by Gasteiger charge is -2.02. The third-order valence-corrected chi connectivity index (χ3v) is 1.57. The molecule has 84 valence electrons. The van der Waals surface area contributed by atoms with Gasteiger partial charge in [0.25, 0.3) is 6.43 Å². The molecule has 0 saturated heterocycles. The highest BCUT2D eigenvalue weighted by molar-refractivity contribution is 5.84. The number of hydrogen-bond donors (Lipinski definition) is 2. The summed E-state index contributed by atoms with van der Waals surface area (Å²) in [5.41, 5.74) is -0.163. The molecule has 0 aliphatic rings. The molecule has 1 heterocycles. The van der Waals surface area contributed by atoms with Gasteiger partial charge in [-0.3, -0.25) is 4.68 Å². The number of nitrogens with one attached hydrogen (secondary N) is 1. The Morgan fingerprint density at radius 1 is 1.67 bits per heavy atom. The van der Waals surface area contributed by atoms with Gasteiger partial charge in [0.05, 0.1) is 19.3 Å². The molecule has 0 spiro atoms. The molecule has 0 aromatic carbocycles. The van der Waals surface area contributed by atoms with Crippen molar-refractivity contribution >= 4 is 5.97 Å². The number of nitrogens with zero attached hydrogens (tertiary/aromatic N) is 3. The van der Waals surface area contributed by atoms with Crippen molar-refractivity contribution in [1.29, 1.82) is 0 Å². The number of halogens is 2. The summed E-state index contributed by atoms with van der Waals surface area (Å²) in [6.45, 7) is 0.195. The third kappa shape index (κ3) is 3.98. The second-order valence-electron chi connectivity index (χ2n) is 2.77. The Morgan fingerprint density at radius 3 is 2.93 bits per heavy atom. The molecule has 0 atom stereocenters. The summed E-state index contributed by atoms with van der Waals surface area (Å²) in [6, 6.07) is 0. The Hall–Kier alpha value is -1.57. The molecule has 0 unspecified atom stereocenters. The first-order valence-corrected chi connectivity index (χ1v) is 4.22. The molecule has 1 rings (SSSR count). The van der Waals surface area contributed by atoms with Gasteiger partial charge in [-0.25, -0.2) is 13.6 Å². The average molecular weight is 220 g/mol. The lowest BCUT2D eigenvalue weighted by atomic mass is 10.5. The van der Waals surface area contributed by atoms with Gasteiger partial charge in [-0.2, -0.15) is 0 Å². The van der Waals surface area contributed by atoms with Crippen molar-refractivity contribution < 1.29 is 18.7 Å². The molecule has 2 N–H and O–H groups in total. The molecule has 8 heteroatoms. The van der Waals surface area contributed by atoms with E-state index in [1.165, 1.54) is 10.9 Å². The highest BCUT2D eigenvalue weighted by Gasteiger charge is 2.07. The molecule has 0 fully saturated rings. The van der Waals surface area contributed by atoms with Crippen LogP contribution in [0.3, 0.4) is 0 Å². The van der Waals surface area contributed by atoms with Crippen LogP contribution < -0.4 is 5.32 Å². The summed E-state index contributed by atoms with van der Waals surface area (Å²) >= 11 is 0. The van der Waals surface area contributed by atoms with Gasteiger partial charge in [0.1, 0.15) is 0 Å². The minimum atomic E-state index is -2.39. The maximum Gasteiger partial charge on any atom is 0.358 e. The zero-order valence-corrected chi connectivity index (χ0v) is 7.73. The summed E-state index contributed by atoms with van der Waals surface area (Å²) in [4.78, 5) is 10.4. The van der Waals surface area contributed by atoms with Crippen LogP contribution in [-0.2, 0) is 6.54 Å². The summed E-state index contributed by atoms with van der Waals surface area (Å²) in [5.74, 6) is -1.17. The Labute approximate surface area is 83.9 Å². The van der Waals surface area contributed by atoms with Crippen LogP contribution in [0.25, 0.3) is 0 Å². The fourth-order valence-corrected chi connectivity index (χ4v) is 0.910. The summed E-state index contributed by atoms with van der Waals surface area (Å²) in [6.07, 6.45) is -1.15. The van der Waals surface area contributed by atoms with E-state index in [1.54, 1.807) is 0 Å². The average Bonchev–Trinajstić information content (AvgIpc) is 2.60. The van der Waals surface area contributed by atoms with E-state index in [0.717, 1.165) is 0 Å². The number of carboxylic acids is 1. The van der Waals surface area contributed by atoms with Crippen LogP contribution in [0.4, 0.5) is 8.78 Å². The number of carbonyl (C=O) groups is 1. The minimum Gasteiger partial charge on any atom is -0.476 e. The van der Waals surface area contributed by atoms with Gasteiger partial charge in [0.15, 0.2) is 5.69 Å². The third-order valence-electron chi connectivity index (χ3n) is 1.57. The van der Waals surface area contributed by atoms with Crippen molar-refractivity contribution in [2.45, 2.75) is 13.0 Å². The van der Waals surface area contributed by atoms with Gasteiger partial charge >= 0.3 is 5.97 Å². The number of alkyl halides is 2. The summed E-state index contributed by atoms with van der Waals surface area (Å²) in [7, 11) is 0. The van der Waals surface area contributed by atoms with Gasteiger partial charge in [-0.1, -0.05) is 5.21 Å². The summed E-state index contributed by atoms with van der Waals surface area (Å²) in [5, 5.41) is 17.9. The molecule has 0 saturated carbocycles. The molecule has 0 bridgehead atoms. The highest BCUT2D eigenvalue weighted by Crippen LogP contribution is 1.92. The predicted octanol–water partition coefficient (Wildman–Crippen LogP) is -0.169. The van der Waals surface area contributed by atoms with Crippen LogP contribution in [-0.4, -0.2) is 45.6 Å². The van der Waals surface area contributed by atoms with E-state index in [1.807, 2.05) is 0 Å². The molecule has 0 aliphatic carbocycles. The molecule has 0 aliphatic heterocycles. The van der Waals surface area contributed by atoms with E-state index in [4.69, 9.17) is 5.11 Å². The lowest BCUT2D eigenvalue weighted by molar-refractivity contribution is 0.0690. The van der Waals surface area contributed by atoms with E-state index >= 15 is 0 Å². The van der Waals surface area contributed by atoms with Crippen molar-refractivity contribution in [3.63, 3.8) is 0 Å². The highest BCUT2D eigenvalue weighted by atomic mass is 19.3. The molecule has 1 aromatic heterocycles. The smallest absolute Gasteiger partial charge is 0.358 e. The fourth-order valence-electron chi connectivity index (χ4n) is 0.910. The molecule has 0 radical (unpaired) electrons. The Balaban J connectivity index is 2.29. The molecule has 1 aromatic rings. The molecular formula is C7H10F2N4O2. The van der Waals surface area contributed by atoms with Crippen LogP contribution in [0.15, 0.2) is 6.20 Å². The number of carboxylic acid groups (broad SMARTS) is 1. The molecule has 15 heavy (non-hydrogen) atoms. The largest absolute Gasteiger partial charge is 0.476 e. The van der Waals surface area contributed by atoms with Crippen LogP contribution in [0.2, 0.25) is 0 Å². The fraction of sp³-hybridized carbons (Fsp3) is 0.571. The van der Waals surface area contributed by atoms with Gasteiger partial charge < -0.3 is 10.4 Å². The number of rotatable bonds is 6. The van der Waals surface area contributed by atoms with Crippen LogP contribution >= 0.6 is 0 Å². The quantitative estimate of drug-likeness (QED) is 0.651. The second-order valence-corrected chi connectivity index (χ2v) is 2.77. The monoisotopic (exact) mass is 220 g/mol. The van der Waals surface area contributed by atoms with E-state index in [-0.39, 0.29) is 18.8 Å². The first-order chi connectivity index (χ1) is 7.09. The number of aromatic carboxylic acids is 1. The first kappa shape index (κ1) is 11.5. The number of aromatic nitrogens is 3. The van der Waals surface area contributed by atoms with Crippen molar-refractivity contribution in [2.24, 2.45) is 0 Å². The van der Waals surface area contributed by atoms with Crippen LogP contribution in [0.1, 0.15) is 10.5 Å². The van der Waals surface area contributed by atoms with Crippen LogP contribution in [0, 0.1) is 0 Å². The van der Waals surface area contributed by atoms with E-state index in [2.05, 4.69) is 15.6 Å². The van der Waals surface area contributed by atoms with Gasteiger partial charge in [0.2, 0.25) is 0 Å². The van der Waals surface area contributed by atoms with E-state index in [9.17, 15) is 13.6 Å². The normalized spacial score (nSPS) is 10.9.